The van der Waals surface area contributed by atoms with Crippen molar-refractivity contribution in [3.05, 3.63) is 23.1 Å². The monoisotopic (exact) mass is 137 g/mol. The molecule has 0 aromatic rings. The summed E-state index contributed by atoms with van der Waals surface area (Å²) in [5.74, 6) is 0. The van der Waals surface area contributed by atoms with E-state index in [-0.39, 0.29) is 0 Å². The smallest absolute Gasteiger partial charge is 0.138 e. The number of thioether (sulfide) groups is 1. The van der Waals surface area contributed by atoms with Crippen LogP contribution in [-0.4, -0.2) is 0 Å². The number of allylic oxidation sites excluding steroid dienone is 4. The van der Waals surface area contributed by atoms with Crippen molar-refractivity contribution < 1.29 is 0 Å². The molecule has 1 aliphatic rings. The fourth-order valence-electron chi connectivity index (χ4n) is 0.724. The van der Waals surface area contributed by atoms with Gasteiger partial charge in [-0.15, -0.1) is 0 Å². The molecule has 0 saturated carbocycles. The number of hydrogen-bond acceptors (Lipinski definition) is 2. The SMILES string of the molecule is N#CSC1=CC=CCC1. The van der Waals surface area contributed by atoms with Crippen molar-refractivity contribution in [3.8, 4) is 5.40 Å². The summed E-state index contributed by atoms with van der Waals surface area (Å²) in [6.07, 6.45) is 8.23. The molecule has 0 aliphatic heterocycles. The van der Waals surface area contributed by atoms with Gasteiger partial charge in [0.1, 0.15) is 5.40 Å². The number of nitriles is 1. The summed E-state index contributed by atoms with van der Waals surface area (Å²) in [4.78, 5) is 1.18. The van der Waals surface area contributed by atoms with Gasteiger partial charge in [-0.25, -0.2) is 0 Å². The Balaban J connectivity index is 2.50. The van der Waals surface area contributed by atoms with Gasteiger partial charge in [0.2, 0.25) is 0 Å². The summed E-state index contributed by atoms with van der Waals surface area (Å²) in [6.45, 7) is 0. The van der Waals surface area contributed by atoms with Crippen LogP contribution in [-0.2, 0) is 0 Å². The summed E-state index contributed by atoms with van der Waals surface area (Å²) in [5.41, 5.74) is 0. The Hall–Kier alpha value is -0.680. The average molecular weight is 137 g/mol. The minimum atomic E-state index is 1.04. The highest BCUT2D eigenvalue weighted by Crippen LogP contribution is 2.22. The topological polar surface area (TPSA) is 23.8 Å². The number of rotatable bonds is 1. The summed E-state index contributed by atoms with van der Waals surface area (Å²) in [5, 5.41) is 10.3. The second-order valence-electron chi connectivity index (χ2n) is 1.79. The van der Waals surface area contributed by atoms with E-state index in [9.17, 15) is 0 Å². The maximum atomic E-state index is 8.27. The minimum absolute atomic E-state index is 1.04. The van der Waals surface area contributed by atoms with Gasteiger partial charge in [-0.05, 0) is 24.6 Å². The third-order valence-corrected chi connectivity index (χ3v) is 1.85. The van der Waals surface area contributed by atoms with Gasteiger partial charge in [-0.1, -0.05) is 18.2 Å². The van der Waals surface area contributed by atoms with E-state index >= 15 is 0 Å². The average Bonchev–Trinajstić information content (AvgIpc) is 1.91. The Labute approximate surface area is 59.1 Å². The van der Waals surface area contributed by atoms with Crippen molar-refractivity contribution in [1.29, 1.82) is 5.26 Å². The summed E-state index contributed by atoms with van der Waals surface area (Å²) >= 11 is 1.27. The van der Waals surface area contributed by atoms with Gasteiger partial charge in [0.25, 0.3) is 0 Å². The van der Waals surface area contributed by atoms with E-state index in [2.05, 4.69) is 11.5 Å². The molecule has 0 amide bonds. The van der Waals surface area contributed by atoms with Crippen LogP contribution in [0.5, 0.6) is 0 Å². The Morgan fingerprint density at radius 2 is 2.56 bits per heavy atom. The molecule has 0 radical (unpaired) electrons. The van der Waals surface area contributed by atoms with Crippen LogP contribution in [0.25, 0.3) is 0 Å². The van der Waals surface area contributed by atoms with Crippen molar-refractivity contribution in [1.82, 2.24) is 0 Å². The predicted octanol–water partition coefficient (Wildman–Crippen LogP) is 2.43. The maximum absolute atomic E-state index is 8.27. The van der Waals surface area contributed by atoms with E-state index in [1.54, 1.807) is 0 Å². The molecule has 0 unspecified atom stereocenters. The van der Waals surface area contributed by atoms with Crippen LogP contribution in [0.4, 0.5) is 0 Å². The molecule has 0 fully saturated rings. The van der Waals surface area contributed by atoms with Crippen LogP contribution in [0.15, 0.2) is 23.1 Å². The standard InChI is InChI=1S/C7H7NS/c8-6-9-7-4-2-1-3-5-7/h1-2,4H,3,5H2. The molecule has 0 atom stereocenters. The first-order valence-corrected chi connectivity index (χ1v) is 3.67. The second kappa shape index (κ2) is 3.37. The fraction of sp³-hybridized carbons (Fsp3) is 0.286. The summed E-state index contributed by atoms with van der Waals surface area (Å²) < 4.78 is 0. The summed E-state index contributed by atoms with van der Waals surface area (Å²) in [6, 6.07) is 0. The second-order valence-corrected chi connectivity index (χ2v) is 2.70. The van der Waals surface area contributed by atoms with E-state index in [1.165, 1.54) is 16.7 Å². The largest absolute Gasteiger partial charge is 0.185 e. The predicted molar refractivity (Wildman–Crippen MR) is 39.7 cm³/mol. The van der Waals surface area contributed by atoms with Gasteiger partial charge in [0.15, 0.2) is 0 Å². The molecule has 1 nitrogen and oxygen atoms in total. The fourth-order valence-corrected chi connectivity index (χ4v) is 1.21. The van der Waals surface area contributed by atoms with Crippen LogP contribution in [0.3, 0.4) is 0 Å². The minimum Gasteiger partial charge on any atom is -0.185 e. The molecule has 0 spiro atoms. The van der Waals surface area contributed by atoms with Crippen LogP contribution in [0, 0.1) is 10.7 Å². The van der Waals surface area contributed by atoms with Crippen molar-refractivity contribution >= 4 is 11.8 Å². The van der Waals surface area contributed by atoms with Gasteiger partial charge < -0.3 is 0 Å². The zero-order valence-corrected chi connectivity index (χ0v) is 5.82. The van der Waals surface area contributed by atoms with Crippen molar-refractivity contribution in [3.63, 3.8) is 0 Å². The quantitative estimate of drug-likeness (QED) is 0.518. The third-order valence-electron chi connectivity index (χ3n) is 1.15. The molecule has 46 valence electrons. The van der Waals surface area contributed by atoms with Crippen LogP contribution >= 0.6 is 11.8 Å². The number of hydrogen-bond donors (Lipinski definition) is 0. The molecule has 0 bridgehead atoms. The lowest BCUT2D eigenvalue weighted by molar-refractivity contribution is 1.02. The molecule has 2 heteroatoms. The van der Waals surface area contributed by atoms with E-state index < -0.39 is 0 Å². The first-order chi connectivity index (χ1) is 4.43. The first-order valence-electron chi connectivity index (χ1n) is 2.85. The Morgan fingerprint density at radius 1 is 1.67 bits per heavy atom. The van der Waals surface area contributed by atoms with Gasteiger partial charge in [0, 0.05) is 4.91 Å². The van der Waals surface area contributed by atoms with Gasteiger partial charge >= 0.3 is 0 Å². The molecule has 0 saturated heterocycles. The molecule has 0 N–H and O–H groups in total. The van der Waals surface area contributed by atoms with Crippen LogP contribution < -0.4 is 0 Å². The van der Waals surface area contributed by atoms with E-state index in [0.717, 1.165) is 12.8 Å². The Kier molecular flexibility index (Phi) is 2.41. The lowest BCUT2D eigenvalue weighted by Gasteiger charge is -2.00. The highest BCUT2D eigenvalue weighted by molar-refractivity contribution is 8.07. The molecule has 0 aromatic carbocycles. The third kappa shape index (κ3) is 1.95. The molecule has 0 heterocycles. The van der Waals surface area contributed by atoms with Crippen LogP contribution in [0.1, 0.15) is 12.8 Å². The number of nitrogens with zero attached hydrogens (tertiary/aromatic N) is 1. The lowest BCUT2D eigenvalue weighted by Crippen LogP contribution is -1.79. The molecule has 0 aromatic heterocycles. The number of thiocyanates is 1. The Bertz CT molecular complexity index is 186. The van der Waals surface area contributed by atoms with E-state index in [0.29, 0.717) is 0 Å². The van der Waals surface area contributed by atoms with E-state index in [4.69, 9.17) is 5.26 Å². The van der Waals surface area contributed by atoms with Crippen molar-refractivity contribution in [2.24, 2.45) is 0 Å². The summed E-state index contributed by atoms with van der Waals surface area (Å²) in [7, 11) is 0. The zero-order valence-electron chi connectivity index (χ0n) is 5.00. The van der Waals surface area contributed by atoms with Gasteiger partial charge in [-0.2, -0.15) is 5.26 Å². The van der Waals surface area contributed by atoms with Crippen LogP contribution in [0.2, 0.25) is 0 Å². The molecular weight excluding hydrogens is 130 g/mol. The van der Waals surface area contributed by atoms with E-state index in [1.807, 2.05) is 12.2 Å². The molecule has 1 aliphatic carbocycles. The molecular formula is C7H7NS. The highest BCUT2D eigenvalue weighted by Gasteiger charge is 1.97. The van der Waals surface area contributed by atoms with Gasteiger partial charge in [0.05, 0.1) is 0 Å². The van der Waals surface area contributed by atoms with Crippen molar-refractivity contribution in [2.45, 2.75) is 12.8 Å². The normalized spacial score (nSPS) is 16.6. The van der Waals surface area contributed by atoms with Crippen molar-refractivity contribution in [2.75, 3.05) is 0 Å². The molecule has 1 rings (SSSR count). The van der Waals surface area contributed by atoms with Gasteiger partial charge in [-0.3, -0.25) is 0 Å². The first kappa shape index (κ1) is 6.44. The lowest BCUT2D eigenvalue weighted by atomic mass is 10.2. The molecule has 9 heavy (non-hydrogen) atoms. The highest BCUT2D eigenvalue weighted by atomic mass is 32.2. The maximum Gasteiger partial charge on any atom is 0.138 e. The Morgan fingerprint density at radius 3 is 3.11 bits per heavy atom. The zero-order chi connectivity index (χ0) is 6.53.